The van der Waals surface area contributed by atoms with E-state index in [2.05, 4.69) is 88.4 Å². The molecule has 3 aromatic carbocycles. The van der Waals surface area contributed by atoms with Gasteiger partial charge < -0.3 is 14.3 Å². The van der Waals surface area contributed by atoms with Gasteiger partial charge in [-0.15, -0.1) is 0 Å². The topological polar surface area (TPSA) is 38.7 Å². The molecule has 0 bridgehead atoms. The fourth-order valence-corrected chi connectivity index (χ4v) is 9.03. The van der Waals surface area contributed by atoms with E-state index < -0.39 is 8.32 Å². The van der Waals surface area contributed by atoms with Crippen molar-refractivity contribution in [3.63, 3.8) is 0 Å². The molecule has 3 nitrogen and oxygen atoms in total. The normalized spacial score (nSPS) is 13.1. The van der Waals surface area contributed by atoms with Crippen molar-refractivity contribution in [3.8, 4) is 11.5 Å². The van der Waals surface area contributed by atoms with Crippen LogP contribution in [-0.2, 0) is 10.8 Å². The first-order valence-corrected chi connectivity index (χ1v) is 12.8. The lowest BCUT2D eigenvalue weighted by molar-refractivity contribution is 0.244. The summed E-state index contributed by atoms with van der Waals surface area (Å²) in [6.07, 6.45) is 0.856. The molecule has 1 atom stereocenters. The van der Waals surface area contributed by atoms with Gasteiger partial charge in [-0.05, 0) is 45.4 Å². The standard InChI is InChI=1S/C27H34O3Si/c1-21(18-22-16-17-25(28)26(19-22)29-5)20-30-31(27(2,3)4,23-12-8-6-9-13-23)24-14-10-7-11-15-24/h6-17,19,21,28H,18,20H2,1-5H3. The van der Waals surface area contributed by atoms with E-state index in [0.29, 0.717) is 18.3 Å². The second-order valence-electron chi connectivity index (χ2n) is 9.29. The molecule has 0 radical (unpaired) electrons. The van der Waals surface area contributed by atoms with Crippen LogP contribution >= 0.6 is 0 Å². The predicted molar refractivity (Wildman–Crippen MR) is 131 cm³/mol. The van der Waals surface area contributed by atoms with E-state index in [4.69, 9.17) is 9.16 Å². The van der Waals surface area contributed by atoms with E-state index in [9.17, 15) is 5.11 Å². The molecule has 3 aromatic rings. The quantitative estimate of drug-likeness (QED) is 0.498. The third kappa shape index (κ3) is 5.03. The SMILES string of the molecule is COc1cc(CC(C)CO[Si](c2ccccc2)(c2ccccc2)C(C)(C)C)ccc1O. The highest BCUT2D eigenvalue weighted by Gasteiger charge is 2.50. The van der Waals surface area contributed by atoms with E-state index in [-0.39, 0.29) is 10.8 Å². The van der Waals surface area contributed by atoms with Gasteiger partial charge in [0.2, 0.25) is 0 Å². The molecule has 0 aliphatic rings. The van der Waals surface area contributed by atoms with Gasteiger partial charge in [-0.3, -0.25) is 0 Å². The van der Waals surface area contributed by atoms with Crippen LogP contribution in [0.15, 0.2) is 78.9 Å². The van der Waals surface area contributed by atoms with Crippen LogP contribution in [-0.4, -0.2) is 27.1 Å². The second-order valence-corrected chi connectivity index (χ2v) is 13.6. The van der Waals surface area contributed by atoms with Crippen LogP contribution in [0.3, 0.4) is 0 Å². The minimum Gasteiger partial charge on any atom is -0.504 e. The Kier molecular flexibility index (Phi) is 7.24. The summed E-state index contributed by atoms with van der Waals surface area (Å²) in [5.74, 6) is 0.996. The average Bonchev–Trinajstić information content (AvgIpc) is 2.76. The van der Waals surface area contributed by atoms with Gasteiger partial charge in [0.05, 0.1) is 7.11 Å². The summed E-state index contributed by atoms with van der Waals surface area (Å²) >= 11 is 0. The summed E-state index contributed by atoms with van der Waals surface area (Å²) in [5, 5.41) is 12.4. The molecule has 1 N–H and O–H groups in total. The van der Waals surface area contributed by atoms with Crippen LogP contribution in [0.5, 0.6) is 11.5 Å². The Morgan fingerprint density at radius 3 is 1.90 bits per heavy atom. The molecule has 0 spiro atoms. The molecule has 0 heterocycles. The maximum atomic E-state index is 9.88. The molecule has 0 aromatic heterocycles. The molecule has 0 saturated carbocycles. The van der Waals surface area contributed by atoms with Crippen LogP contribution in [0.25, 0.3) is 0 Å². The van der Waals surface area contributed by atoms with Crippen LogP contribution in [0, 0.1) is 5.92 Å². The minimum absolute atomic E-state index is 0.0306. The zero-order valence-corrected chi connectivity index (χ0v) is 20.3. The lowest BCUT2D eigenvalue weighted by atomic mass is 10.0. The Hall–Kier alpha value is -2.56. The Morgan fingerprint density at radius 2 is 1.42 bits per heavy atom. The molecule has 0 aliphatic carbocycles. The summed E-state index contributed by atoms with van der Waals surface area (Å²) in [6, 6.07) is 27.0. The molecule has 0 saturated heterocycles. The molecule has 164 valence electrons. The van der Waals surface area contributed by atoms with Gasteiger partial charge in [-0.1, -0.05) is 94.4 Å². The second kappa shape index (κ2) is 9.71. The van der Waals surface area contributed by atoms with Crippen LogP contribution in [0.1, 0.15) is 33.3 Å². The number of rotatable bonds is 8. The van der Waals surface area contributed by atoms with Gasteiger partial charge in [0.15, 0.2) is 11.5 Å². The van der Waals surface area contributed by atoms with E-state index in [1.54, 1.807) is 13.2 Å². The summed E-state index contributed by atoms with van der Waals surface area (Å²) in [7, 11) is -0.943. The smallest absolute Gasteiger partial charge is 0.261 e. The number of hydrogen-bond donors (Lipinski definition) is 1. The Morgan fingerprint density at radius 1 is 0.871 bits per heavy atom. The highest BCUT2D eigenvalue weighted by atomic mass is 28.4. The van der Waals surface area contributed by atoms with Crippen molar-refractivity contribution in [2.24, 2.45) is 5.92 Å². The zero-order valence-electron chi connectivity index (χ0n) is 19.3. The number of methoxy groups -OCH3 is 1. The average molecular weight is 435 g/mol. The molecule has 0 aliphatic heterocycles. The third-order valence-electron chi connectivity index (χ3n) is 5.83. The number of hydrogen-bond acceptors (Lipinski definition) is 3. The number of phenolic OH excluding ortho intramolecular Hbond substituents is 1. The molecule has 3 rings (SSSR count). The van der Waals surface area contributed by atoms with Crippen LogP contribution < -0.4 is 15.1 Å². The molecule has 4 heteroatoms. The molecule has 0 fully saturated rings. The van der Waals surface area contributed by atoms with Crippen LogP contribution in [0.2, 0.25) is 5.04 Å². The number of aromatic hydroxyl groups is 1. The lowest BCUT2D eigenvalue weighted by Crippen LogP contribution is -2.66. The van der Waals surface area contributed by atoms with Crippen LogP contribution in [0.4, 0.5) is 0 Å². The van der Waals surface area contributed by atoms with E-state index in [1.807, 2.05) is 12.1 Å². The maximum Gasteiger partial charge on any atom is 0.261 e. The molecule has 0 amide bonds. The summed E-state index contributed by atoms with van der Waals surface area (Å²) in [4.78, 5) is 0. The lowest BCUT2D eigenvalue weighted by Gasteiger charge is -2.43. The highest BCUT2D eigenvalue weighted by Crippen LogP contribution is 2.37. The maximum absolute atomic E-state index is 9.88. The molecule has 31 heavy (non-hydrogen) atoms. The van der Waals surface area contributed by atoms with Gasteiger partial charge in [-0.25, -0.2) is 0 Å². The number of benzene rings is 3. The van der Waals surface area contributed by atoms with Gasteiger partial charge in [-0.2, -0.15) is 0 Å². The minimum atomic E-state index is -2.52. The largest absolute Gasteiger partial charge is 0.504 e. The van der Waals surface area contributed by atoms with Crippen molar-refractivity contribution < 1.29 is 14.3 Å². The third-order valence-corrected chi connectivity index (χ3v) is 10.8. The fourth-order valence-electron chi connectivity index (χ4n) is 4.34. The van der Waals surface area contributed by atoms with Gasteiger partial charge >= 0.3 is 0 Å². The van der Waals surface area contributed by atoms with E-state index in [1.165, 1.54) is 10.4 Å². The molecular weight excluding hydrogens is 400 g/mol. The van der Waals surface area contributed by atoms with Gasteiger partial charge in [0.1, 0.15) is 0 Å². The Bertz CT molecular complexity index is 925. The van der Waals surface area contributed by atoms with Gasteiger partial charge in [0.25, 0.3) is 8.32 Å². The van der Waals surface area contributed by atoms with Crippen molar-refractivity contribution in [2.75, 3.05) is 13.7 Å². The van der Waals surface area contributed by atoms with Crippen molar-refractivity contribution in [2.45, 2.75) is 39.2 Å². The predicted octanol–water partition coefficient (Wildman–Crippen LogP) is 5.16. The monoisotopic (exact) mass is 434 g/mol. The Labute approximate surface area is 187 Å². The highest BCUT2D eigenvalue weighted by molar-refractivity contribution is 6.99. The van der Waals surface area contributed by atoms with E-state index >= 15 is 0 Å². The first kappa shape index (κ1) is 23.1. The summed E-state index contributed by atoms with van der Waals surface area (Å²) < 4.78 is 12.3. The van der Waals surface area contributed by atoms with Crippen molar-refractivity contribution in [1.29, 1.82) is 0 Å². The van der Waals surface area contributed by atoms with Crippen molar-refractivity contribution in [3.05, 3.63) is 84.4 Å². The fraction of sp³-hybridized carbons (Fsp3) is 0.333. The summed E-state index contributed by atoms with van der Waals surface area (Å²) in [5.41, 5.74) is 1.13. The first-order chi connectivity index (χ1) is 14.8. The first-order valence-electron chi connectivity index (χ1n) is 10.9. The molecular formula is C27H34O3Si. The zero-order chi connectivity index (χ0) is 22.5. The van der Waals surface area contributed by atoms with Crippen molar-refractivity contribution in [1.82, 2.24) is 0 Å². The van der Waals surface area contributed by atoms with Crippen molar-refractivity contribution >= 4 is 18.7 Å². The number of phenols is 1. The number of ether oxygens (including phenoxy) is 1. The van der Waals surface area contributed by atoms with Gasteiger partial charge in [0, 0.05) is 6.61 Å². The Balaban J connectivity index is 1.91. The summed E-state index contributed by atoms with van der Waals surface area (Å²) in [6.45, 7) is 9.78. The molecule has 1 unspecified atom stereocenters. The van der Waals surface area contributed by atoms with E-state index in [0.717, 1.165) is 12.0 Å².